The summed E-state index contributed by atoms with van der Waals surface area (Å²) in [6.07, 6.45) is 3.01. The van der Waals surface area contributed by atoms with Crippen LogP contribution < -0.4 is 9.62 Å². The lowest BCUT2D eigenvalue weighted by molar-refractivity contribution is 0.0931. The molecule has 1 aromatic heterocycles. The van der Waals surface area contributed by atoms with Crippen molar-refractivity contribution in [2.45, 2.75) is 37.6 Å². The van der Waals surface area contributed by atoms with E-state index < -0.39 is 10.0 Å². The summed E-state index contributed by atoms with van der Waals surface area (Å²) >= 11 is 0. The molecule has 1 aliphatic heterocycles. The van der Waals surface area contributed by atoms with E-state index >= 15 is 0 Å². The molecular weight excluding hydrogens is 338 g/mol. The molecule has 0 bridgehead atoms. The Kier molecular flexibility index (Phi) is 4.60. The Balaban J connectivity index is 1.92. The van der Waals surface area contributed by atoms with Crippen LogP contribution in [0.2, 0.25) is 0 Å². The van der Waals surface area contributed by atoms with Gasteiger partial charge in [0.2, 0.25) is 0 Å². The molecule has 1 amide bonds. The lowest BCUT2D eigenvalue weighted by atomic mass is 10.2. The van der Waals surface area contributed by atoms with Crippen LogP contribution in [0, 0.1) is 0 Å². The number of aryl methyl sites for hydroxylation is 1. The van der Waals surface area contributed by atoms with E-state index in [-0.39, 0.29) is 16.8 Å². The molecule has 1 unspecified atom stereocenters. The van der Waals surface area contributed by atoms with Gasteiger partial charge in [-0.1, -0.05) is 25.1 Å². The number of nitrogens with zero attached hydrogens (tertiary/aromatic N) is 2. The third-order valence-electron chi connectivity index (χ3n) is 4.63. The minimum atomic E-state index is -3.69. The van der Waals surface area contributed by atoms with Gasteiger partial charge in [-0.2, -0.15) is 0 Å². The summed E-state index contributed by atoms with van der Waals surface area (Å²) in [6.45, 7) is 4.32. The minimum absolute atomic E-state index is 0.0351. The van der Waals surface area contributed by atoms with Crippen LogP contribution in [0.5, 0.6) is 0 Å². The van der Waals surface area contributed by atoms with Crippen LogP contribution in [0.3, 0.4) is 0 Å². The fourth-order valence-corrected chi connectivity index (χ4v) is 4.56. The van der Waals surface area contributed by atoms with Crippen LogP contribution >= 0.6 is 0 Å². The van der Waals surface area contributed by atoms with Gasteiger partial charge >= 0.3 is 0 Å². The second-order valence-corrected chi connectivity index (χ2v) is 8.27. The standard InChI is InChI=1S/C18H23N3O3S/c1-4-13(2)19-18(22)17-11-15(12-20(17)3)25(23,24)21-10-9-14-7-5-6-8-16(14)21/h5-8,11-13H,4,9-10H2,1-3H3,(H,19,22). The molecule has 6 nitrogen and oxygen atoms in total. The van der Waals surface area contributed by atoms with Gasteiger partial charge < -0.3 is 9.88 Å². The number of nitrogens with one attached hydrogen (secondary N) is 1. The summed E-state index contributed by atoms with van der Waals surface area (Å²) in [4.78, 5) is 12.5. The van der Waals surface area contributed by atoms with Gasteiger partial charge in [-0.3, -0.25) is 9.10 Å². The van der Waals surface area contributed by atoms with E-state index in [2.05, 4.69) is 5.32 Å². The van der Waals surface area contributed by atoms with Gasteiger partial charge in [0, 0.05) is 25.8 Å². The first-order valence-corrected chi connectivity index (χ1v) is 9.86. The molecule has 3 rings (SSSR count). The number of carbonyl (C=O) groups is 1. The molecule has 0 saturated heterocycles. The summed E-state index contributed by atoms with van der Waals surface area (Å²) in [5, 5.41) is 2.87. The first-order chi connectivity index (χ1) is 11.8. The number of fused-ring (bicyclic) bond motifs is 1. The summed E-state index contributed by atoms with van der Waals surface area (Å²) < 4.78 is 29.1. The van der Waals surface area contributed by atoms with Gasteiger partial charge in [-0.05, 0) is 37.5 Å². The van der Waals surface area contributed by atoms with Crippen molar-refractivity contribution < 1.29 is 13.2 Å². The summed E-state index contributed by atoms with van der Waals surface area (Å²) in [7, 11) is -2.01. The summed E-state index contributed by atoms with van der Waals surface area (Å²) in [5.41, 5.74) is 2.08. The zero-order valence-electron chi connectivity index (χ0n) is 14.7. The Hall–Kier alpha value is -2.28. The summed E-state index contributed by atoms with van der Waals surface area (Å²) in [6, 6.07) is 9.00. The predicted molar refractivity (Wildman–Crippen MR) is 97.3 cm³/mol. The topological polar surface area (TPSA) is 71.4 Å². The number of aromatic nitrogens is 1. The van der Waals surface area contributed by atoms with Crippen LogP contribution in [0.1, 0.15) is 36.3 Å². The number of rotatable bonds is 5. The largest absolute Gasteiger partial charge is 0.348 e. The number of benzene rings is 1. The Bertz CT molecular complexity index is 902. The molecule has 1 atom stereocenters. The first-order valence-electron chi connectivity index (χ1n) is 8.42. The third-order valence-corrected chi connectivity index (χ3v) is 6.41. The number of sulfonamides is 1. The number of anilines is 1. The van der Waals surface area contributed by atoms with E-state index in [1.807, 2.05) is 38.1 Å². The molecule has 25 heavy (non-hydrogen) atoms. The molecule has 1 N–H and O–H groups in total. The van der Waals surface area contributed by atoms with Gasteiger partial charge in [0.1, 0.15) is 10.6 Å². The number of carbonyl (C=O) groups excluding carboxylic acids is 1. The van der Waals surface area contributed by atoms with Crippen molar-refractivity contribution in [2.75, 3.05) is 10.8 Å². The van der Waals surface area contributed by atoms with Crippen molar-refractivity contribution in [2.24, 2.45) is 7.05 Å². The Labute approximate surface area is 148 Å². The fraction of sp³-hybridized carbons (Fsp3) is 0.389. The number of hydrogen-bond donors (Lipinski definition) is 1. The van der Waals surface area contributed by atoms with Crippen molar-refractivity contribution >= 4 is 21.6 Å². The van der Waals surface area contributed by atoms with Gasteiger partial charge in [0.25, 0.3) is 15.9 Å². The van der Waals surface area contributed by atoms with Crippen molar-refractivity contribution in [1.82, 2.24) is 9.88 Å². The van der Waals surface area contributed by atoms with E-state index in [4.69, 9.17) is 0 Å². The van der Waals surface area contributed by atoms with Gasteiger partial charge in [0.05, 0.1) is 5.69 Å². The monoisotopic (exact) mass is 361 g/mol. The molecule has 0 fully saturated rings. The summed E-state index contributed by atoms with van der Waals surface area (Å²) in [5.74, 6) is -0.264. The average Bonchev–Trinajstić information content (AvgIpc) is 3.18. The van der Waals surface area contributed by atoms with E-state index in [1.165, 1.54) is 16.6 Å². The van der Waals surface area contributed by atoms with Crippen LogP contribution in [-0.2, 0) is 23.5 Å². The zero-order chi connectivity index (χ0) is 18.2. The number of amides is 1. The van der Waals surface area contributed by atoms with Crippen LogP contribution in [-0.4, -0.2) is 31.5 Å². The Morgan fingerprint density at radius 1 is 1.32 bits per heavy atom. The normalized spacial score (nSPS) is 15.1. The molecular formula is C18H23N3O3S. The zero-order valence-corrected chi connectivity index (χ0v) is 15.5. The Morgan fingerprint density at radius 3 is 2.76 bits per heavy atom. The van der Waals surface area contributed by atoms with Crippen molar-refractivity contribution in [3.63, 3.8) is 0 Å². The SMILES string of the molecule is CCC(C)NC(=O)c1cc(S(=O)(=O)N2CCc3ccccc32)cn1C. The van der Waals surface area contributed by atoms with Crippen LogP contribution in [0.4, 0.5) is 5.69 Å². The average molecular weight is 361 g/mol. The molecule has 2 aromatic rings. The fourth-order valence-electron chi connectivity index (χ4n) is 2.99. The van der Waals surface area contributed by atoms with E-state index in [0.29, 0.717) is 18.7 Å². The molecule has 0 spiro atoms. The van der Waals surface area contributed by atoms with Crippen molar-refractivity contribution in [3.8, 4) is 0 Å². The molecule has 0 saturated carbocycles. The van der Waals surface area contributed by atoms with E-state index in [9.17, 15) is 13.2 Å². The highest BCUT2D eigenvalue weighted by atomic mass is 32.2. The maximum Gasteiger partial charge on any atom is 0.268 e. The highest BCUT2D eigenvalue weighted by molar-refractivity contribution is 7.92. The molecule has 0 aliphatic carbocycles. The van der Waals surface area contributed by atoms with Gasteiger partial charge in [-0.25, -0.2) is 8.42 Å². The van der Waals surface area contributed by atoms with Gasteiger partial charge in [0.15, 0.2) is 0 Å². The molecule has 1 aliphatic rings. The third kappa shape index (κ3) is 3.16. The predicted octanol–water partition coefficient (Wildman–Crippen LogP) is 2.30. The van der Waals surface area contributed by atoms with E-state index in [1.54, 1.807) is 11.6 Å². The smallest absolute Gasteiger partial charge is 0.268 e. The lowest BCUT2D eigenvalue weighted by Crippen LogP contribution is -2.33. The lowest BCUT2D eigenvalue weighted by Gasteiger charge is -2.18. The molecule has 0 radical (unpaired) electrons. The molecule has 134 valence electrons. The van der Waals surface area contributed by atoms with Crippen molar-refractivity contribution in [3.05, 3.63) is 47.8 Å². The highest BCUT2D eigenvalue weighted by Gasteiger charge is 2.32. The van der Waals surface area contributed by atoms with Crippen LogP contribution in [0.15, 0.2) is 41.4 Å². The van der Waals surface area contributed by atoms with Crippen molar-refractivity contribution in [1.29, 1.82) is 0 Å². The van der Waals surface area contributed by atoms with Gasteiger partial charge in [-0.15, -0.1) is 0 Å². The number of hydrogen-bond acceptors (Lipinski definition) is 3. The highest BCUT2D eigenvalue weighted by Crippen LogP contribution is 2.33. The molecule has 7 heteroatoms. The van der Waals surface area contributed by atoms with E-state index in [0.717, 1.165) is 17.7 Å². The second-order valence-electron chi connectivity index (χ2n) is 6.41. The quantitative estimate of drug-likeness (QED) is 0.888. The molecule has 2 heterocycles. The number of para-hydroxylation sites is 1. The maximum atomic E-state index is 13.0. The Morgan fingerprint density at radius 2 is 2.04 bits per heavy atom. The maximum absolute atomic E-state index is 13.0. The first kappa shape index (κ1) is 17.5. The molecule has 1 aromatic carbocycles. The minimum Gasteiger partial charge on any atom is -0.348 e. The van der Waals surface area contributed by atoms with Crippen LogP contribution in [0.25, 0.3) is 0 Å². The second kappa shape index (κ2) is 6.55.